The number of rotatable bonds is 17. The van der Waals surface area contributed by atoms with Crippen molar-refractivity contribution >= 4 is 57.4 Å². The van der Waals surface area contributed by atoms with Crippen LogP contribution in [0.25, 0.3) is 21.8 Å². The van der Waals surface area contributed by atoms with E-state index in [-0.39, 0.29) is 12.8 Å². The molecule has 4 amide bonds. The van der Waals surface area contributed by atoms with Crippen molar-refractivity contribution in [1.82, 2.24) is 31.2 Å². The molecule has 0 bridgehead atoms. The number of hydrogen-bond acceptors (Lipinski definition) is 8. The van der Waals surface area contributed by atoms with Crippen molar-refractivity contribution in [2.75, 3.05) is 0 Å². The van der Waals surface area contributed by atoms with Gasteiger partial charge in [-0.05, 0) is 42.5 Å². The summed E-state index contributed by atoms with van der Waals surface area (Å²) in [7, 11) is 0. The fraction of sp³-hybridized carbons (Fsp3) is 0.371. The highest BCUT2D eigenvalue weighted by Crippen LogP contribution is 2.20. The van der Waals surface area contributed by atoms with Gasteiger partial charge < -0.3 is 52.3 Å². The normalized spacial score (nSPS) is 14.9. The molecule has 2 aromatic heterocycles. The molecular formula is C35H43N7O9. The van der Waals surface area contributed by atoms with Crippen molar-refractivity contribution < 1.29 is 44.1 Å². The first-order chi connectivity index (χ1) is 24.2. The summed E-state index contributed by atoms with van der Waals surface area (Å²) in [4.78, 5) is 83.3. The molecule has 0 spiro atoms. The van der Waals surface area contributed by atoms with Crippen molar-refractivity contribution in [2.24, 2.45) is 11.7 Å². The maximum atomic E-state index is 13.6. The molecule has 16 nitrogen and oxygen atoms in total. The quantitative estimate of drug-likeness (QED) is 0.0718. The maximum absolute atomic E-state index is 13.6. The van der Waals surface area contributed by atoms with Gasteiger partial charge in [-0.25, -0.2) is 4.79 Å². The largest absolute Gasteiger partial charge is 0.481 e. The molecule has 0 saturated carbocycles. The summed E-state index contributed by atoms with van der Waals surface area (Å²) < 4.78 is 0. The Kier molecular flexibility index (Phi) is 12.5. The van der Waals surface area contributed by atoms with E-state index < -0.39 is 84.2 Å². The molecule has 4 aromatic rings. The summed E-state index contributed by atoms with van der Waals surface area (Å²) >= 11 is 0. The van der Waals surface area contributed by atoms with Crippen molar-refractivity contribution in [3.8, 4) is 0 Å². The zero-order valence-electron chi connectivity index (χ0n) is 28.3. The third-order valence-corrected chi connectivity index (χ3v) is 8.49. The van der Waals surface area contributed by atoms with Crippen LogP contribution in [0.2, 0.25) is 0 Å². The Morgan fingerprint density at radius 3 is 1.67 bits per heavy atom. The van der Waals surface area contributed by atoms with Crippen molar-refractivity contribution in [2.45, 2.75) is 76.3 Å². The summed E-state index contributed by atoms with van der Waals surface area (Å²) in [5.41, 5.74) is 9.07. The van der Waals surface area contributed by atoms with E-state index in [4.69, 9.17) is 5.73 Å². The van der Waals surface area contributed by atoms with Gasteiger partial charge in [0.25, 0.3) is 0 Å². The molecule has 0 aliphatic rings. The lowest BCUT2D eigenvalue weighted by Crippen LogP contribution is -2.61. The monoisotopic (exact) mass is 705 g/mol. The van der Waals surface area contributed by atoms with E-state index in [1.54, 1.807) is 38.4 Å². The van der Waals surface area contributed by atoms with Crippen LogP contribution in [0.15, 0.2) is 60.9 Å². The highest BCUT2D eigenvalue weighted by atomic mass is 16.4. The van der Waals surface area contributed by atoms with Crippen LogP contribution in [0.5, 0.6) is 0 Å². The van der Waals surface area contributed by atoms with Gasteiger partial charge in [0, 0.05) is 40.6 Å². The van der Waals surface area contributed by atoms with E-state index in [1.165, 1.54) is 6.92 Å². The number of aliphatic carboxylic acids is 2. The first-order valence-corrected chi connectivity index (χ1v) is 16.4. The Bertz CT molecular complexity index is 1900. The van der Waals surface area contributed by atoms with Gasteiger partial charge in [0.15, 0.2) is 0 Å². The Balaban J connectivity index is 1.51. The molecule has 4 rings (SSSR count). The van der Waals surface area contributed by atoms with Crippen molar-refractivity contribution in [3.05, 3.63) is 72.1 Å². The Morgan fingerprint density at radius 1 is 0.667 bits per heavy atom. The Morgan fingerprint density at radius 2 is 1.16 bits per heavy atom. The molecule has 6 atom stereocenters. The number of carboxylic acids is 2. The minimum Gasteiger partial charge on any atom is -0.481 e. The summed E-state index contributed by atoms with van der Waals surface area (Å²) in [5.74, 6) is -7.00. The highest BCUT2D eigenvalue weighted by molar-refractivity contribution is 5.97. The fourth-order valence-corrected chi connectivity index (χ4v) is 5.71. The predicted octanol–water partition coefficient (Wildman–Crippen LogP) is 0.297. The highest BCUT2D eigenvalue weighted by Gasteiger charge is 2.35. The van der Waals surface area contributed by atoms with Crippen molar-refractivity contribution in [1.29, 1.82) is 0 Å². The molecular weight excluding hydrogens is 662 g/mol. The first-order valence-electron chi connectivity index (χ1n) is 16.4. The number of aromatic amines is 2. The number of amides is 4. The second-order valence-corrected chi connectivity index (χ2v) is 12.7. The van der Waals surface area contributed by atoms with Crippen LogP contribution in [0.1, 0.15) is 38.3 Å². The smallest absolute Gasteiger partial charge is 0.326 e. The molecule has 0 aliphatic carbocycles. The lowest BCUT2D eigenvalue weighted by molar-refractivity contribution is -0.143. The van der Waals surface area contributed by atoms with Crippen LogP contribution in [-0.4, -0.2) is 97.2 Å². The van der Waals surface area contributed by atoms with Crippen LogP contribution in [0, 0.1) is 5.92 Å². The third-order valence-electron chi connectivity index (χ3n) is 8.49. The molecule has 51 heavy (non-hydrogen) atoms. The molecule has 272 valence electrons. The van der Waals surface area contributed by atoms with Gasteiger partial charge in [-0.3, -0.25) is 24.0 Å². The summed E-state index contributed by atoms with van der Waals surface area (Å²) in [6.07, 6.45) is 0.877. The van der Waals surface area contributed by atoms with E-state index in [9.17, 15) is 44.1 Å². The lowest BCUT2D eigenvalue weighted by Gasteiger charge is -2.27. The van der Waals surface area contributed by atoms with Crippen molar-refractivity contribution in [3.63, 3.8) is 0 Å². The third kappa shape index (κ3) is 9.70. The molecule has 0 saturated heterocycles. The number of benzene rings is 2. The number of hydrogen-bond donors (Lipinski definition) is 10. The number of aromatic nitrogens is 2. The SMILES string of the molecule is CC(C)[C@H](NC(=O)[C@H](Cc1c[nH]c2ccccc12)NC(=O)[C@@H](NC(=O)[C@H](CC(=O)O)NC(=O)[C@@H](N)Cc1c[nH]c2ccccc12)[C@@H](C)O)C(=O)O. The Hall–Kier alpha value is -5.74. The molecule has 0 radical (unpaired) electrons. The molecule has 0 fully saturated rings. The molecule has 2 aromatic carbocycles. The molecule has 0 aliphatic heterocycles. The van der Waals surface area contributed by atoms with Gasteiger partial charge in [-0.2, -0.15) is 0 Å². The first kappa shape index (κ1) is 38.1. The topological polar surface area (TPSA) is 269 Å². The predicted molar refractivity (Wildman–Crippen MR) is 186 cm³/mol. The Labute approximate surface area is 292 Å². The summed E-state index contributed by atoms with van der Waals surface area (Å²) in [6, 6.07) is 7.33. The second-order valence-electron chi connectivity index (χ2n) is 12.7. The van der Waals surface area contributed by atoms with Crippen LogP contribution >= 0.6 is 0 Å². The van der Waals surface area contributed by atoms with Crippen LogP contribution in [0.4, 0.5) is 0 Å². The number of H-pyrrole nitrogens is 2. The van der Waals surface area contributed by atoms with E-state index in [1.807, 2.05) is 36.4 Å². The van der Waals surface area contributed by atoms with Crippen LogP contribution in [-0.2, 0) is 41.6 Å². The average molecular weight is 706 g/mol. The molecule has 16 heteroatoms. The lowest BCUT2D eigenvalue weighted by atomic mass is 10.0. The van der Waals surface area contributed by atoms with Gasteiger partial charge in [0.2, 0.25) is 23.6 Å². The van der Waals surface area contributed by atoms with E-state index >= 15 is 0 Å². The zero-order valence-corrected chi connectivity index (χ0v) is 28.3. The second kappa shape index (κ2) is 16.8. The zero-order chi connectivity index (χ0) is 37.4. The number of aliphatic hydroxyl groups is 1. The fourth-order valence-electron chi connectivity index (χ4n) is 5.71. The van der Waals surface area contributed by atoms with Gasteiger partial charge in [-0.1, -0.05) is 50.2 Å². The van der Waals surface area contributed by atoms with E-state index in [0.717, 1.165) is 27.4 Å². The van der Waals surface area contributed by atoms with Gasteiger partial charge in [0.1, 0.15) is 24.2 Å². The molecule has 2 heterocycles. The van der Waals surface area contributed by atoms with E-state index in [2.05, 4.69) is 31.2 Å². The summed E-state index contributed by atoms with van der Waals surface area (Å²) in [6.45, 7) is 4.40. The van der Waals surface area contributed by atoms with E-state index in [0.29, 0.717) is 5.56 Å². The number of carbonyl (C=O) groups is 6. The number of nitrogens with one attached hydrogen (secondary N) is 6. The summed E-state index contributed by atoms with van der Waals surface area (Å²) in [5, 5.41) is 40.9. The van der Waals surface area contributed by atoms with Crippen LogP contribution < -0.4 is 27.0 Å². The number of carboxylic acid groups (broad SMARTS) is 2. The van der Waals surface area contributed by atoms with Gasteiger partial charge in [-0.15, -0.1) is 0 Å². The average Bonchev–Trinajstić information content (AvgIpc) is 3.68. The minimum absolute atomic E-state index is 0.0649. The van der Waals surface area contributed by atoms with Gasteiger partial charge in [0.05, 0.1) is 18.6 Å². The minimum atomic E-state index is -1.72. The number of aliphatic hydroxyl groups excluding tert-OH is 1. The number of fused-ring (bicyclic) bond motifs is 2. The molecule has 11 N–H and O–H groups in total. The number of carbonyl (C=O) groups excluding carboxylic acids is 4. The molecule has 0 unspecified atom stereocenters. The number of nitrogens with two attached hydrogens (primary N) is 1. The maximum Gasteiger partial charge on any atom is 0.326 e. The van der Waals surface area contributed by atoms with Crippen LogP contribution in [0.3, 0.4) is 0 Å². The van der Waals surface area contributed by atoms with Gasteiger partial charge >= 0.3 is 11.9 Å². The standard InChI is InChI=1S/C35H43N7O9/c1-17(2)29(35(50)51)41-32(47)26(13-20-16-38-25-11-7-5-9-22(20)25)40-34(49)30(18(3)43)42-33(48)27(14-28(44)45)39-31(46)23(36)12-19-15-37-24-10-6-4-8-21(19)24/h4-11,15-18,23,26-27,29-30,37-38,43H,12-14,36H2,1-3H3,(H,39,46)(H,40,49)(H,41,47)(H,42,48)(H,44,45)(H,50,51)/t18-,23+,26+,27+,29+,30+/m1/s1. The number of para-hydroxylation sites is 2.